The second-order valence-electron chi connectivity index (χ2n) is 3.32. The molecular weight excluding hydrogens is 112 g/mol. The molecule has 2 aliphatic carbocycles. The Hall–Kier alpha value is -0.330. The van der Waals surface area contributed by atoms with E-state index in [0.717, 1.165) is 30.5 Å². The first kappa shape index (κ1) is 5.45. The summed E-state index contributed by atoms with van der Waals surface area (Å²) in [6.45, 7) is 0. The van der Waals surface area contributed by atoms with Gasteiger partial charge in [0.1, 0.15) is 6.29 Å². The summed E-state index contributed by atoms with van der Waals surface area (Å²) in [5, 5.41) is 0. The van der Waals surface area contributed by atoms with Crippen molar-refractivity contribution >= 4 is 6.29 Å². The van der Waals surface area contributed by atoms with Crippen molar-refractivity contribution in [3.05, 3.63) is 0 Å². The molecule has 2 rings (SSSR count). The summed E-state index contributed by atoms with van der Waals surface area (Å²) in [4.78, 5) is 10.1. The summed E-state index contributed by atoms with van der Waals surface area (Å²) < 4.78 is 0. The lowest BCUT2D eigenvalue weighted by atomic mass is 10.1. The number of carbonyl (C=O) groups excluding carboxylic acids is 1. The molecule has 0 aromatic heterocycles. The normalized spacial score (nSPS) is 46.4. The molecule has 0 spiro atoms. The van der Waals surface area contributed by atoms with Crippen molar-refractivity contribution in [2.45, 2.75) is 25.7 Å². The molecule has 0 amide bonds. The van der Waals surface area contributed by atoms with Crippen LogP contribution in [0.25, 0.3) is 0 Å². The molecule has 0 saturated heterocycles. The maximum atomic E-state index is 10.1. The van der Waals surface area contributed by atoms with E-state index in [1.807, 2.05) is 0 Å². The van der Waals surface area contributed by atoms with Gasteiger partial charge in [0.25, 0.3) is 0 Å². The van der Waals surface area contributed by atoms with E-state index in [9.17, 15) is 4.79 Å². The Morgan fingerprint density at radius 3 is 2.56 bits per heavy atom. The van der Waals surface area contributed by atoms with Crippen LogP contribution in [0.5, 0.6) is 0 Å². The quantitative estimate of drug-likeness (QED) is 0.511. The van der Waals surface area contributed by atoms with E-state index in [1.54, 1.807) is 0 Å². The van der Waals surface area contributed by atoms with E-state index < -0.39 is 0 Å². The fraction of sp³-hybridized carbons (Fsp3) is 0.875. The van der Waals surface area contributed by atoms with Crippen molar-refractivity contribution < 1.29 is 4.79 Å². The standard InChI is InChI=1S/C8H12O/c9-5-4-8-6-2-1-3-7(6)8/h5-8H,1-4H2. The van der Waals surface area contributed by atoms with E-state index in [2.05, 4.69) is 0 Å². The molecule has 2 aliphatic rings. The zero-order valence-electron chi connectivity index (χ0n) is 5.55. The van der Waals surface area contributed by atoms with E-state index in [-0.39, 0.29) is 0 Å². The summed E-state index contributed by atoms with van der Waals surface area (Å²) in [6.07, 6.45) is 6.16. The number of carbonyl (C=O) groups is 1. The van der Waals surface area contributed by atoms with Gasteiger partial charge in [0.05, 0.1) is 0 Å². The molecule has 9 heavy (non-hydrogen) atoms. The molecule has 1 heteroatoms. The molecule has 0 aromatic carbocycles. The highest BCUT2D eigenvalue weighted by atomic mass is 16.1. The average Bonchev–Trinajstić information content (AvgIpc) is 2.39. The number of fused-ring (bicyclic) bond motifs is 1. The molecule has 2 fully saturated rings. The van der Waals surface area contributed by atoms with E-state index in [0.29, 0.717) is 0 Å². The lowest BCUT2D eigenvalue weighted by Gasteiger charge is -1.94. The van der Waals surface area contributed by atoms with Crippen molar-refractivity contribution in [3.8, 4) is 0 Å². The Balaban J connectivity index is 1.87. The van der Waals surface area contributed by atoms with Gasteiger partial charge in [0, 0.05) is 6.42 Å². The molecular formula is C8H12O. The van der Waals surface area contributed by atoms with Crippen LogP contribution in [0, 0.1) is 17.8 Å². The van der Waals surface area contributed by atoms with Crippen LogP contribution >= 0.6 is 0 Å². The van der Waals surface area contributed by atoms with E-state index >= 15 is 0 Å². The van der Waals surface area contributed by atoms with Crippen molar-refractivity contribution in [1.82, 2.24) is 0 Å². The lowest BCUT2D eigenvalue weighted by Crippen LogP contribution is -1.87. The minimum absolute atomic E-state index is 0.816. The second-order valence-corrected chi connectivity index (χ2v) is 3.32. The van der Waals surface area contributed by atoms with Gasteiger partial charge in [0.15, 0.2) is 0 Å². The monoisotopic (exact) mass is 124 g/mol. The first-order valence-corrected chi connectivity index (χ1v) is 3.87. The van der Waals surface area contributed by atoms with Gasteiger partial charge in [-0.25, -0.2) is 0 Å². The number of rotatable bonds is 2. The fourth-order valence-corrected chi connectivity index (χ4v) is 2.43. The van der Waals surface area contributed by atoms with Gasteiger partial charge >= 0.3 is 0 Å². The van der Waals surface area contributed by atoms with Gasteiger partial charge < -0.3 is 4.79 Å². The molecule has 1 nitrogen and oxygen atoms in total. The smallest absolute Gasteiger partial charge is 0.120 e. The summed E-state index contributed by atoms with van der Waals surface area (Å²) in [5.74, 6) is 2.75. The SMILES string of the molecule is O=CCC1C2CCCC12. The van der Waals surface area contributed by atoms with Crippen molar-refractivity contribution in [1.29, 1.82) is 0 Å². The highest BCUT2D eigenvalue weighted by Crippen LogP contribution is 2.58. The highest BCUT2D eigenvalue weighted by Gasteiger charge is 2.51. The first-order chi connectivity index (χ1) is 4.43. The molecule has 0 aliphatic heterocycles. The van der Waals surface area contributed by atoms with Crippen LogP contribution in [0.4, 0.5) is 0 Å². The Bertz CT molecular complexity index is 121. The van der Waals surface area contributed by atoms with Crippen LogP contribution in [-0.2, 0) is 4.79 Å². The maximum Gasteiger partial charge on any atom is 0.120 e. The zero-order valence-corrected chi connectivity index (χ0v) is 5.55. The third-order valence-corrected chi connectivity index (χ3v) is 2.95. The predicted octanol–water partition coefficient (Wildman–Crippen LogP) is 1.62. The number of hydrogen-bond donors (Lipinski definition) is 0. The third-order valence-electron chi connectivity index (χ3n) is 2.95. The van der Waals surface area contributed by atoms with Gasteiger partial charge in [0.2, 0.25) is 0 Å². The van der Waals surface area contributed by atoms with Gasteiger partial charge in [-0.05, 0) is 30.6 Å². The number of aldehydes is 1. The van der Waals surface area contributed by atoms with Crippen LogP contribution in [0.1, 0.15) is 25.7 Å². The third kappa shape index (κ3) is 0.707. The van der Waals surface area contributed by atoms with Gasteiger partial charge in [-0.15, -0.1) is 0 Å². The molecule has 2 unspecified atom stereocenters. The van der Waals surface area contributed by atoms with Crippen LogP contribution in [0.15, 0.2) is 0 Å². The van der Waals surface area contributed by atoms with Gasteiger partial charge in [-0.2, -0.15) is 0 Å². The largest absolute Gasteiger partial charge is 0.303 e. The lowest BCUT2D eigenvalue weighted by molar-refractivity contribution is -0.108. The van der Waals surface area contributed by atoms with Crippen molar-refractivity contribution in [3.63, 3.8) is 0 Å². The molecule has 0 aromatic rings. The Labute approximate surface area is 55.4 Å². The Morgan fingerprint density at radius 2 is 2.00 bits per heavy atom. The predicted molar refractivity (Wildman–Crippen MR) is 35.0 cm³/mol. The zero-order chi connectivity index (χ0) is 6.27. The summed E-state index contributed by atoms with van der Waals surface area (Å²) in [5.41, 5.74) is 0. The topological polar surface area (TPSA) is 17.1 Å². The minimum atomic E-state index is 0.816. The summed E-state index contributed by atoms with van der Waals surface area (Å²) in [6, 6.07) is 0. The Morgan fingerprint density at radius 1 is 1.33 bits per heavy atom. The first-order valence-electron chi connectivity index (χ1n) is 3.87. The molecule has 50 valence electrons. The average molecular weight is 124 g/mol. The maximum absolute atomic E-state index is 10.1. The van der Waals surface area contributed by atoms with Gasteiger partial charge in [-0.3, -0.25) is 0 Å². The van der Waals surface area contributed by atoms with E-state index in [4.69, 9.17) is 0 Å². The van der Waals surface area contributed by atoms with Crippen LogP contribution in [0.2, 0.25) is 0 Å². The van der Waals surface area contributed by atoms with Crippen molar-refractivity contribution in [2.24, 2.45) is 17.8 Å². The molecule has 0 heterocycles. The van der Waals surface area contributed by atoms with Crippen LogP contribution < -0.4 is 0 Å². The van der Waals surface area contributed by atoms with Crippen LogP contribution in [-0.4, -0.2) is 6.29 Å². The molecule has 2 saturated carbocycles. The van der Waals surface area contributed by atoms with Gasteiger partial charge in [-0.1, -0.05) is 6.42 Å². The molecule has 2 atom stereocenters. The fourth-order valence-electron chi connectivity index (χ4n) is 2.43. The highest BCUT2D eigenvalue weighted by molar-refractivity contribution is 5.51. The van der Waals surface area contributed by atoms with E-state index in [1.165, 1.54) is 19.3 Å². The molecule has 0 radical (unpaired) electrons. The molecule has 0 N–H and O–H groups in total. The summed E-state index contributed by atoms with van der Waals surface area (Å²) >= 11 is 0. The van der Waals surface area contributed by atoms with Crippen molar-refractivity contribution in [2.75, 3.05) is 0 Å². The second kappa shape index (κ2) is 1.83. The molecule has 0 bridgehead atoms. The minimum Gasteiger partial charge on any atom is -0.303 e. The van der Waals surface area contributed by atoms with Crippen LogP contribution in [0.3, 0.4) is 0 Å². The Kier molecular flexibility index (Phi) is 1.11. The summed E-state index contributed by atoms with van der Waals surface area (Å²) in [7, 11) is 0. The number of hydrogen-bond acceptors (Lipinski definition) is 1.